The summed E-state index contributed by atoms with van der Waals surface area (Å²) in [6.07, 6.45) is 1.66. The zero-order chi connectivity index (χ0) is 15.2. The molecule has 2 N–H and O–H groups in total. The lowest BCUT2D eigenvalue weighted by Crippen LogP contribution is -1.96. The largest absolute Gasteiger partial charge is 0.496 e. The van der Waals surface area contributed by atoms with Crippen molar-refractivity contribution in [3.05, 3.63) is 58.1 Å². The predicted octanol–water partition coefficient (Wildman–Crippen LogP) is 3.60. The maximum absolute atomic E-state index is 10.7. The summed E-state index contributed by atoms with van der Waals surface area (Å²) >= 11 is 3.40. The van der Waals surface area contributed by atoms with Crippen LogP contribution in [0.1, 0.15) is 15.9 Å². The van der Waals surface area contributed by atoms with Crippen LogP contribution in [0, 0.1) is 0 Å². The molecule has 0 bridgehead atoms. The fraction of sp³-hybridized carbons (Fsp3) is 0.0667. The standard InChI is InChI=1S/C15H13BrN2O3/c1-21-14-7-2-10(8-13(14)16)9-17-18-12-5-3-11(4-6-12)15(19)20/h2-9,18H,1H3,(H,19,20)/b17-9+. The van der Waals surface area contributed by atoms with E-state index >= 15 is 0 Å². The molecule has 0 unspecified atom stereocenters. The first-order chi connectivity index (χ1) is 10.1. The van der Waals surface area contributed by atoms with Gasteiger partial charge in [-0.2, -0.15) is 5.10 Å². The highest BCUT2D eigenvalue weighted by Crippen LogP contribution is 2.24. The van der Waals surface area contributed by atoms with Crippen LogP contribution in [0.25, 0.3) is 0 Å². The normalized spacial score (nSPS) is 10.6. The summed E-state index contributed by atoms with van der Waals surface area (Å²) < 4.78 is 6.00. The molecule has 2 rings (SSSR count). The molecule has 0 radical (unpaired) electrons. The fourth-order valence-electron chi connectivity index (χ4n) is 1.63. The molecule has 0 amide bonds. The molecule has 0 atom stereocenters. The second-order valence-corrected chi connectivity index (χ2v) is 5.00. The Bertz CT molecular complexity index is 669. The molecule has 2 aromatic rings. The van der Waals surface area contributed by atoms with Crippen molar-refractivity contribution < 1.29 is 14.6 Å². The van der Waals surface area contributed by atoms with Crippen molar-refractivity contribution in [3.63, 3.8) is 0 Å². The number of rotatable bonds is 5. The molecule has 0 aliphatic carbocycles. The molecule has 0 heterocycles. The average molecular weight is 349 g/mol. The third-order valence-electron chi connectivity index (χ3n) is 2.71. The van der Waals surface area contributed by atoms with Gasteiger partial charge in [0.15, 0.2) is 0 Å². The lowest BCUT2D eigenvalue weighted by molar-refractivity contribution is 0.0697. The van der Waals surface area contributed by atoms with Crippen LogP contribution in [-0.2, 0) is 0 Å². The Labute approximate surface area is 130 Å². The molecule has 0 saturated heterocycles. The SMILES string of the molecule is COc1ccc(/C=N/Nc2ccc(C(=O)O)cc2)cc1Br. The van der Waals surface area contributed by atoms with Crippen molar-refractivity contribution >= 4 is 33.8 Å². The number of nitrogens with zero attached hydrogens (tertiary/aromatic N) is 1. The van der Waals surface area contributed by atoms with Gasteiger partial charge >= 0.3 is 5.97 Å². The van der Waals surface area contributed by atoms with Crippen molar-refractivity contribution in [2.75, 3.05) is 12.5 Å². The van der Waals surface area contributed by atoms with E-state index in [9.17, 15) is 4.79 Å². The molecule has 21 heavy (non-hydrogen) atoms. The van der Waals surface area contributed by atoms with E-state index in [2.05, 4.69) is 26.5 Å². The van der Waals surface area contributed by atoms with Gasteiger partial charge in [-0.05, 0) is 64.0 Å². The van der Waals surface area contributed by atoms with Gasteiger partial charge < -0.3 is 9.84 Å². The highest BCUT2D eigenvalue weighted by molar-refractivity contribution is 9.10. The van der Waals surface area contributed by atoms with E-state index in [0.717, 1.165) is 15.8 Å². The summed E-state index contributed by atoms with van der Waals surface area (Å²) in [5.74, 6) is -0.197. The lowest BCUT2D eigenvalue weighted by Gasteiger charge is -2.03. The Morgan fingerprint density at radius 3 is 2.57 bits per heavy atom. The molecule has 0 aromatic heterocycles. The predicted molar refractivity (Wildman–Crippen MR) is 85.3 cm³/mol. The van der Waals surface area contributed by atoms with Crippen molar-refractivity contribution in [1.82, 2.24) is 0 Å². The fourth-order valence-corrected chi connectivity index (χ4v) is 2.19. The number of anilines is 1. The quantitative estimate of drug-likeness (QED) is 0.639. The van der Waals surface area contributed by atoms with E-state index in [0.29, 0.717) is 5.69 Å². The number of carboxylic acids is 1. The van der Waals surface area contributed by atoms with Crippen LogP contribution in [0.15, 0.2) is 52.0 Å². The summed E-state index contributed by atoms with van der Waals surface area (Å²) in [6.45, 7) is 0. The molecule has 6 heteroatoms. The summed E-state index contributed by atoms with van der Waals surface area (Å²) in [6, 6.07) is 12.0. The van der Waals surface area contributed by atoms with E-state index < -0.39 is 5.97 Å². The molecule has 5 nitrogen and oxygen atoms in total. The van der Waals surface area contributed by atoms with E-state index in [1.165, 1.54) is 12.1 Å². The number of methoxy groups -OCH3 is 1. The van der Waals surface area contributed by atoms with E-state index in [1.54, 1.807) is 25.5 Å². The zero-order valence-corrected chi connectivity index (χ0v) is 12.8. The molecule has 0 aliphatic rings. The number of carboxylic acid groups (broad SMARTS) is 1. The molecule has 0 fully saturated rings. The smallest absolute Gasteiger partial charge is 0.335 e. The minimum Gasteiger partial charge on any atom is -0.496 e. The van der Waals surface area contributed by atoms with Gasteiger partial charge in [0.05, 0.1) is 29.0 Å². The topological polar surface area (TPSA) is 70.9 Å². The highest BCUT2D eigenvalue weighted by atomic mass is 79.9. The maximum Gasteiger partial charge on any atom is 0.335 e. The maximum atomic E-state index is 10.7. The van der Waals surface area contributed by atoms with Gasteiger partial charge in [-0.15, -0.1) is 0 Å². The summed E-state index contributed by atoms with van der Waals surface area (Å²) in [4.78, 5) is 10.7. The van der Waals surface area contributed by atoms with Crippen molar-refractivity contribution in [3.8, 4) is 5.75 Å². The summed E-state index contributed by atoms with van der Waals surface area (Å²) in [7, 11) is 1.61. The van der Waals surface area contributed by atoms with Crippen LogP contribution in [0.4, 0.5) is 5.69 Å². The third kappa shape index (κ3) is 4.06. The van der Waals surface area contributed by atoms with Gasteiger partial charge in [-0.3, -0.25) is 5.43 Å². The zero-order valence-electron chi connectivity index (χ0n) is 11.2. The summed E-state index contributed by atoms with van der Waals surface area (Å²) in [5.41, 5.74) is 4.69. The highest BCUT2D eigenvalue weighted by Gasteiger charge is 2.01. The van der Waals surface area contributed by atoms with Crippen molar-refractivity contribution in [2.45, 2.75) is 0 Å². The van der Waals surface area contributed by atoms with Crippen LogP contribution in [-0.4, -0.2) is 24.4 Å². The van der Waals surface area contributed by atoms with Gasteiger partial charge in [-0.1, -0.05) is 0 Å². The van der Waals surface area contributed by atoms with Crippen LogP contribution >= 0.6 is 15.9 Å². The first-order valence-corrected chi connectivity index (χ1v) is 6.85. The Morgan fingerprint density at radius 1 is 1.29 bits per heavy atom. The number of ether oxygens (including phenoxy) is 1. The first kappa shape index (κ1) is 15.1. The molecule has 108 valence electrons. The molecule has 0 saturated carbocycles. The molecular formula is C15H13BrN2O3. The van der Waals surface area contributed by atoms with Crippen LogP contribution < -0.4 is 10.2 Å². The second-order valence-electron chi connectivity index (χ2n) is 4.15. The third-order valence-corrected chi connectivity index (χ3v) is 3.33. The average Bonchev–Trinajstić information content (AvgIpc) is 2.48. The van der Waals surface area contributed by atoms with Gasteiger partial charge in [0, 0.05) is 0 Å². The second kappa shape index (κ2) is 6.90. The number of nitrogens with one attached hydrogen (secondary N) is 1. The Hall–Kier alpha value is -2.34. The van der Waals surface area contributed by atoms with Crippen LogP contribution in [0.2, 0.25) is 0 Å². The lowest BCUT2D eigenvalue weighted by atomic mass is 10.2. The minimum absolute atomic E-state index is 0.239. The van der Waals surface area contributed by atoms with Gasteiger partial charge in [-0.25, -0.2) is 4.79 Å². The van der Waals surface area contributed by atoms with E-state index in [1.807, 2.05) is 18.2 Å². The Kier molecular flexibility index (Phi) is 4.94. The van der Waals surface area contributed by atoms with Crippen LogP contribution in [0.3, 0.4) is 0 Å². The minimum atomic E-state index is -0.951. The van der Waals surface area contributed by atoms with Gasteiger partial charge in [0.2, 0.25) is 0 Å². The monoisotopic (exact) mass is 348 g/mol. The Morgan fingerprint density at radius 2 is 2.00 bits per heavy atom. The van der Waals surface area contributed by atoms with Crippen molar-refractivity contribution in [1.29, 1.82) is 0 Å². The first-order valence-electron chi connectivity index (χ1n) is 6.06. The van der Waals surface area contributed by atoms with Crippen LogP contribution in [0.5, 0.6) is 5.75 Å². The number of hydrogen-bond acceptors (Lipinski definition) is 4. The summed E-state index contributed by atoms with van der Waals surface area (Å²) in [5, 5.41) is 12.9. The number of hydrazone groups is 1. The molecule has 2 aromatic carbocycles. The van der Waals surface area contributed by atoms with Crippen molar-refractivity contribution in [2.24, 2.45) is 5.10 Å². The Balaban J connectivity index is 2.01. The number of halogens is 1. The number of benzene rings is 2. The molecule has 0 aliphatic heterocycles. The number of carbonyl (C=O) groups is 1. The number of hydrogen-bond donors (Lipinski definition) is 2. The molecule has 0 spiro atoms. The number of aromatic carboxylic acids is 1. The molecular weight excluding hydrogens is 336 g/mol. The van der Waals surface area contributed by atoms with Gasteiger partial charge in [0.1, 0.15) is 5.75 Å². The van der Waals surface area contributed by atoms with E-state index in [4.69, 9.17) is 9.84 Å². The van der Waals surface area contributed by atoms with E-state index in [-0.39, 0.29) is 5.56 Å². The van der Waals surface area contributed by atoms with Gasteiger partial charge in [0.25, 0.3) is 0 Å².